The number of piperidine rings is 1. The van der Waals surface area contributed by atoms with Gasteiger partial charge in [0.15, 0.2) is 0 Å². The molecule has 1 aromatic carbocycles. The SMILES string of the molecule is C/C=C/CN1CCC(NC(=O)c2ccc3[nH]ncc3c2)CC1. The summed E-state index contributed by atoms with van der Waals surface area (Å²) in [5.74, 6) is 0.00926. The number of hydrogen-bond acceptors (Lipinski definition) is 3. The number of allylic oxidation sites excluding steroid dienone is 1. The Morgan fingerprint density at radius 3 is 3.05 bits per heavy atom. The number of aromatic nitrogens is 2. The molecule has 0 atom stereocenters. The molecule has 22 heavy (non-hydrogen) atoms. The summed E-state index contributed by atoms with van der Waals surface area (Å²) in [7, 11) is 0. The Hall–Kier alpha value is -2.14. The van der Waals surface area contributed by atoms with Crippen molar-refractivity contribution < 1.29 is 4.79 Å². The second-order valence-corrected chi connectivity index (χ2v) is 5.79. The molecule has 1 aromatic heterocycles. The number of carbonyl (C=O) groups excluding carboxylic acids is 1. The number of nitrogens with zero attached hydrogens (tertiary/aromatic N) is 2. The van der Waals surface area contributed by atoms with Crippen molar-refractivity contribution in [3.8, 4) is 0 Å². The summed E-state index contributed by atoms with van der Waals surface area (Å²) in [4.78, 5) is 14.8. The fraction of sp³-hybridized carbons (Fsp3) is 0.412. The van der Waals surface area contributed by atoms with E-state index in [0.717, 1.165) is 43.4 Å². The highest BCUT2D eigenvalue weighted by Gasteiger charge is 2.20. The van der Waals surface area contributed by atoms with Crippen LogP contribution in [0.1, 0.15) is 30.1 Å². The number of likely N-dealkylation sites (tertiary alicyclic amines) is 1. The van der Waals surface area contributed by atoms with Crippen LogP contribution in [0.5, 0.6) is 0 Å². The minimum absolute atomic E-state index is 0.00926. The normalized spacial score (nSPS) is 17.3. The second kappa shape index (κ2) is 6.75. The third kappa shape index (κ3) is 3.36. The zero-order valence-corrected chi connectivity index (χ0v) is 12.9. The van der Waals surface area contributed by atoms with E-state index in [1.807, 2.05) is 25.1 Å². The molecule has 116 valence electrons. The smallest absolute Gasteiger partial charge is 0.251 e. The molecule has 1 aliphatic rings. The van der Waals surface area contributed by atoms with Crippen molar-refractivity contribution >= 4 is 16.8 Å². The second-order valence-electron chi connectivity index (χ2n) is 5.79. The third-order valence-corrected chi connectivity index (χ3v) is 4.22. The van der Waals surface area contributed by atoms with Crippen molar-refractivity contribution in [3.05, 3.63) is 42.1 Å². The molecular formula is C17H22N4O. The van der Waals surface area contributed by atoms with E-state index in [0.29, 0.717) is 5.56 Å². The highest BCUT2D eigenvalue weighted by molar-refractivity contribution is 5.98. The number of amides is 1. The maximum Gasteiger partial charge on any atom is 0.251 e. The lowest BCUT2D eigenvalue weighted by Gasteiger charge is -2.31. The molecule has 2 heterocycles. The quantitative estimate of drug-likeness (QED) is 0.852. The van der Waals surface area contributed by atoms with Gasteiger partial charge in [0.1, 0.15) is 0 Å². The molecule has 0 saturated carbocycles. The first-order chi connectivity index (χ1) is 10.8. The summed E-state index contributed by atoms with van der Waals surface area (Å²) in [5, 5.41) is 11.0. The number of carbonyl (C=O) groups is 1. The maximum absolute atomic E-state index is 12.4. The Morgan fingerprint density at radius 2 is 2.27 bits per heavy atom. The van der Waals surface area contributed by atoms with Crippen LogP contribution in [0.3, 0.4) is 0 Å². The monoisotopic (exact) mass is 298 g/mol. The van der Waals surface area contributed by atoms with Gasteiger partial charge in [0, 0.05) is 36.6 Å². The van der Waals surface area contributed by atoms with E-state index in [4.69, 9.17) is 0 Å². The van der Waals surface area contributed by atoms with Crippen molar-refractivity contribution in [2.24, 2.45) is 0 Å². The average molecular weight is 298 g/mol. The van der Waals surface area contributed by atoms with Crippen molar-refractivity contribution in [2.45, 2.75) is 25.8 Å². The van der Waals surface area contributed by atoms with Gasteiger partial charge in [-0.05, 0) is 38.0 Å². The van der Waals surface area contributed by atoms with Crippen LogP contribution in [0, 0.1) is 0 Å². The van der Waals surface area contributed by atoms with Crippen LogP contribution >= 0.6 is 0 Å². The summed E-state index contributed by atoms with van der Waals surface area (Å²) in [6.45, 7) is 5.13. The van der Waals surface area contributed by atoms with Crippen LogP contribution in [-0.4, -0.2) is 46.7 Å². The fourth-order valence-corrected chi connectivity index (χ4v) is 2.87. The standard InChI is InChI=1S/C17H22N4O/c1-2-3-8-21-9-6-15(7-10-21)19-17(22)13-4-5-16-14(11-13)12-18-20-16/h2-5,11-12,15H,6-10H2,1H3,(H,18,20)(H,19,22)/b3-2+. The van der Waals surface area contributed by atoms with E-state index in [2.05, 4.69) is 32.6 Å². The lowest BCUT2D eigenvalue weighted by atomic mass is 10.0. The van der Waals surface area contributed by atoms with Gasteiger partial charge in [-0.15, -0.1) is 0 Å². The molecule has 1 fully saturated rings. The van der Waals surface area contributed by atoms with Gasteiger partial charge in [0.05, 0.1) is 11.7 Å². The van der Waals surface area contributed by atoms with Crippen molar-refractivity contribution in [3.63, 3.8) is 0 Å². The van der Waals surface area contributed by atoms with Crippen LogP contribution in [0.2, 0.25) is 0 Å². The van der Waals surface area contributed by atoms with Gasteiger partial charge in [-0.25, -0.2) is 0 Å². The van der Waals surface area contributed by atoms with Crippen LogP contribution in [0.4, 0.5) is 0 Å². The molecule has 1 aliphatic heterocycles. The van der Waals surface area contributed by atoms with E-state index < -0.39 is 0 Å². The Labute approximate surface area is 130 Å². The van der Waals surface area contributed by atoms with Gasteiger partial charge < -0.3 is 5.32 Å². The highest BCUT2D eigenvalue weighted by atomic mass is 16.1. The van der Waals surface area contributed by atoms with Crippen molar-refractivity contribution in [1.82, 2.24) is 20.4 Å². The van der Waals surface area contributed by atoms with E-state index in [1.54, 1.807) is 6.20 Å². The van der Waals surface area contributed by atoms with Crippen LogP contribution in [0.25, 0.3) is 10.9 Å². The van der Waals surface area contributed by atoms with Crippen LogP contribution in [-0.2, 0) is 0 Å². The Morgan fingerprint density at radius 1 is 1.45 bits per heavy atom. The van der Waals surface area contributed by atoms with Gasteiger partial charge in [-0.3, -0.25) is 14.8 Å². The molecule has 0 radical (unpaired) electrons. The van der Waals surface area contributed by atoms with Gasteiger partial charge in [0.2, 0.25) is 0 Å². The topological polar surface area (TPSA) is 61.0 Å². The molecule has 5 nitrogen and oxygen atoms in total. The highest BCUT2D eigenvalue weighted by Crippen LogP contribution is 2.15. The Kier molecular flexibility index (Phi) is 4.53. The molecule has 0 unspecified atom stereocenters. The number of fused-ring (bicyclic) bond motifs is 1. The molecule has 1 amide bonds. The first-order valence-electron chi connectivity index (χ1n) is 7.84. The van der Waals surface area contributed by atoms with Crippen molar-refractivity contribution in [1.29, 1.82) is 0 Å². The Bertz CT molecular complexity index is 668. The first kappa shape index (κ1) is 14.8. The Balaban J connectivity index is 1.56. The summed E-state index contributed by atoms with van der Waals surface area (Å²) in [6.07, 6.45) is 8.03. The molecule has 0 spiro atoms. The average Bonchev–Trinajstić information content (AvgIpc) is 3.01. The largest absolute Gasteiger partial charge is 0.349 e. The van der Waals surface area contributed by atoms with E-state index in [9.17, 15) is 4.79 Å². The van der Waals surface area contributed by atoms with E-state index in [1.165, 1.54) is 0 Å². The molecule has 0 bridgehead atoms. The number of aromatic amines is 1. The lowest BCUT2D eigenvalue weighted by Crippen LogP contribution is -2.44. The predicted molar refractivity (Wildman–Crippen MR) is 87.8 cm³/mol. The number of rotatable bonds is 4. The first-order valence-corrected chi connectivity index (χ1v) is 7.84. The number of H-pyrrole nitrogens is 1. The lowest BCUT2D eigenvalue weighted by molar-refractivity contribution is 0.0914. The molecule has 2 aromatic rings. The molecule has 0 aliphatic carbocycles. The molecule has 1 saturated heterocycles. The number of hydrogen-bond donors (Lipinski definition) is 2. The summed E-state index contributed by atoms with van der Waals surface area (Å²) >= 11 is 0. The van der Waals surface area contributed by atoms with Gasteiger partial charge in [-0.1, -0.05) is 12.2 Å². The minimum Gasteiger partial charge on any atom is -0.349 e. The molecule has 5 heteroatoms. The number of benzene rings is 1. The van der Waals surface area contributed by atoms with Gasteiger partial charge in [0.25, 0.3) is 5.91 Å². The van der Waals surface area contributed by atoms with E-state index in [-0.39, 0.29) is 11.9 Å². The summed E-state index contributed by atoms with van der Waals surface area (Å²) in [6, 6.07) is 5.90. The zero-order chi connectivity index (χ0) is 15.4. The molecular weight excluding hydrogens is 276 g/mol. The minimum atomic E-state index is 0.00926. The van der Waals surface area contributed by atoms with Crippen molar-refractivity contribution in [2.75, 3.05) is 19.6 Å². The molecule has 3 rings (SSSR count). The maximum atomic E-state index is 12.4. The van der Waals surface area contributed by atoms with E-state index >= 15 is 0 Å². The predicted octanol–water partition coefficient (Wildman–Crippen LogP) is 2.33. The van der Waals surface area contributed by atoms with Gasteiger partial charge in [-0.2, -0.15) is 5.10 Å². The number of nitrogens with one attached hydrogen (secondary N) is 2. The third-order valence-electron chi connectivity index (χ3n) is 4.22. The van der Waals surface area contributed by atoms with Crippen LogP contribution < -0.4 is 5.32 Å². The van der Waals surface area contributed by atoms with Crippen LogP contribution in [0.15, 0.2) is 36.5 Å². The van der Waals surface area contributed by atoms with Gasteiger partial charge >= 0.3 is 0 Å². The summed E-state index contributed by atoms with van der Waals surface area (Å²) in [5.41, 5.74) is 1.65. The zero-order valence-electron chi connectivity index (χ0n) is 12.9. The summed E-state index contributed by atoms with van der Waals surface area (Å²) < 4.78 is 0. The fourth-order valence-electron chi connectivity index (χ4n) is 2.87. The molecule has 2 N–H and O–H groups in total.